The Labute approximate surface area is 84.7 Å². The summed E-state index contributed by atoms with van der Waals surface area (Å²) in [7, 11) is 0. The molecule has 0 aliphatic heterocycles. The van der Waals surface area contributed by atoms with Crippen molar-refractivity contribution in [2.24, 2.45) is 0 Å². The van der Waals surface area contributed by atoms with Gasteiger partial charge in [0.25, 0.3) is 0 Å². The molecule has 1 aromatic carbocycles. The van der Waals surface area contributed by atoms with Crippen LogP contribution in [0.15, 0.2) is 24.3 Å². The predicted molar refractivity (Wildman–Crippen MR) is 40.4 cm³/mol. The van der Waals surface area contributed by atoms with Crippen LogP contribution in [0.3, 0.4) is 0 Å². The third-order valence-electron chi connectivity index (χ3n) is 1.39. The molecule has 1 rings (SSSR count). The zero-order chi connectivity index (χ0) is 9.14. The molecule has 73 valence electrons. The number of benzene rings is 1. The second kappa shape index (κ2) is 4.64. The summed E-state index contributed by atoms with van der Waals surface area (Å²) in [6.45, 7) is 0. The Kier molecular flexibility index (Phi) is 4.17. The molecule has 0 unspecified atom stereocenters. The normalized spacial score (nSPS) is 8.62. The molecule has 0 aromatic heterocycles. The van der Waals surface area contributed by atoms with Gasteiger partial charge in [-0.15, -0.1) is 0 Å². The second-order valence-electron chi connectivity index (χ2n) is 2.16. The van der Waals surface area contributed by atoms with Crippen LogP contribution in [0.4, 0.5) is 0 Å². The quantitative estimate of drug-likeness (QED) is 0.745. The first-order valence-corrected chi connectivity index (χ1v) is 3.18. The van der Waals surface area contributed by atoms with Gasteiger partial charge in [0.2, 0.25) is 0 Å². The first kappa shape index (κ1) is 11.7. The van der Waals surface area contributed by atoms with Gasteiger partial charge < -0.3 is 10.2 Å². The van der Waals surface area contributed by atoms with E-state index >= 15 is 0 Å². The summed E-state index contributed by atoms with van der Waals surface area (Å²) >= 11 is 0. The minimum Gasteiger partial charge on any atom is -0.478 e. The van der Waals surface area contributed by atoms with E-state index in [1.54, 1.807) is 0 Å². The van der Waals surface area contributed by atoms with E-state index in [0.29, 0.717) is 0 Å². The molecule has 0 heterocycles. The van der Waals surface area contributed by atoms with Crippen LogP contribution in [-0.4, -0.2) is 22.2 Å². The van der Waals surface area contributed by atoms with Crippen LogP contribution in [-0.2, 0) is 17.1 Å². The standard InChI is InChI=1S/C8H6O4.Cu/c9-7(10)5-3-1-2-4-6(5)8(11)12;/h1-4H,(H,9,10)(H,11,12);. The van der Waals surface area contributed by atoms with Crippen LogP contribution < -0.4 is 0 Å². The number of aromatic carboxylic acids is 2. The van der Waals surface area contributed by atoms with Crippen LogP contribution in [0.25, 0.3) is 0 Å². The van der Waals surface area contributed by atoms with Gasteiger partial charge in [0, 0.05) is 17.1 Å². The Morgan fingerprint density at radius 3 is 1.46 bits per heavy atom. The Balaban J connectivity index is 0.00000144. The van der Waals surface area contributed by atoms with Crippen LogP contribution >= 0.6 is 0 Å². The maximum Gasteiger partial charge on any atom is 0.336 e. The SMILES string of the molecule is O=C(O)c1ccccc1C(=O)O.[Cu]. The summed E-state index contributed by atoms with van der Waals surface area (Å²) < 4.78 is 0. The van der Waals surface area contributed by atoms with E-state index < -0.39 is 11.9 Å². The Hall–Kier alpha value is -1.32. The molecular weight excluding hydrogens is 224 g/mol. The fraction of sp³-hybridized carbons (Fsp3) is 0. The molecule has 0 fully saturated rings. The number of hydrogen-bond donors (Lipinski definition) is 2. The minimum atomic E-state index is -1.23. The van der Waals surface area contributed by atoms with Gasteiger partial charge in [-0.05, 0) is 12.1 Å². The van der Waals surface area contributed by atoms with E-state index in [2.05, 4.69) is 0 Å². The van der Waals surface area contributed by atoms with Crippen molar-refractivity contribution in [3.8, 4) is 0 Å². The first-order chi connectivity index (χ1) is 5.63. The van der Waals surface area contributed by atoms with Crippen molar-refractivity contribution in [2.75, 3.05) is 0 Å². The molecule has 0 aliphatic carbocycles. The van der Waals surface area contributed by atoms with Crippen molar-refractivity contribution in [3.05, 3.63) is 35.4 Å². The van der Waals surface area contributed by atoms with E-state index in [9.17, 15) is 9.59 Å². The first-order valence-electron chi connectivity index (χ1n) is 3.18. The van der Waals surface area contributed by atoms with E-state index in [1.807, 2.05) is 0 Å². The molecule has 0 amide bonds. The Morgan fingerprint density at radius 2 is 1.23 bits per heavy atom. The Bertz CT molecular complexity index is 302. The Morgan fingerprint density at radius 1 is 0.923 bits per heavy atom. The fourth-order valence-corrected chi connectivity index (χ4v) is 0.856. The molecular formula is C8H6CuO4. The zero-order valence-electron chi connectivity index (χ0n) is 6.32. The van der Waals surface area contributed by atoms with Gasteiger partial charge in [0.1, 0.15) is 0 Å². The fourth-order valence-electron chi connectivity index (χ4n) is 0.856. The number of carboxylic acids is 2. The minimum absolute atomic E-state index is 0. The number of hydrogen-bond acceptors (Lipinski definition) is 2. The monoisotopic (exact) mass is 229 g/mol. The average molecular weight is 230 g/mol. The molecule has 13 heavy (non-hydrogen) atoms. The predicted octanol–water partition coefficient (Wildman–Crippen LogP) is 1.08. The molecule has 0 bridgehead atoms. The van der Waals surface area contributed by atoms with Gasteiger partial charge in [-0.2, -0.15) is 0 Å². The smallest absolute Gasteiger partial charge is 0.336 e. The van der Waals surface area contributed by atoms with E-state index in [1.165, 1.54) is 24.3 Å². The third-order valence-corrected chi connectivity index (χ3v) is 1.39. The molecule has 5 heteroatoms. The third kappa shape index (κ3) is 2.57. The number of carbonyl (C=O) groups is 2. The van der Waals surface area contributed by atoms with Gasteiger partial charge in [-0.25, -0.2) is 9.59 Å². The molecule has 0 aliphatic rings. The molecule has 0 atom stereocenters. The van der Waals surface area contributed by atoms with Crippen LogP contribution in [0, 0.1) is 0 Å². The van der Waals surface area contributed by atoms with Crippen molar-refractivity contribution < 1.29 is 36.9 Å². The van der Waals surface area contributed by atoms with Gasteiger partial charge in [-0.1, -0.05) is 12.1 Å². The number of carboxylic acid groups (broad SMARTS) is 2. The van der Waals surface area contributed by atoms with Crippen molar-refractivity contribution in [2.45, 2.75) is 0 Å². The van der Waals surface area contributed by atoms with Gasteiger partial charge >= 0.3 is 11.9 Å². The summed E-state index contributed by atoms with van der Waals surface area (Å²) in [5.74, 6) is -2.46. The summed E-state index contributed by atoms with van der Waals surface area (Å²) in [5, 5.41) is 17.1. The van der Waals surface area contributed by atoms with Crippen LogP contribution in [0.1, 0.15) is 20.7 Å². The van der Waals surface area contributed by atoms with E-state index in [0.717, 1.165) is 0 Å². The van der Waals surface area contributed by atoms with Crippen molar-refractivity contribution in [3.63, 3.8) is 0 Å². The van der Waals surface area contributed by atoms with Crippen molar-refractivity contribution in [1.82, 2.24) is 0 Å². The summed E-state index contributed by atoms with van der Waals surface area (Å²) in [4.78, 5) is 20.9. The molecule has 1 aromatic rings. The average Bonchev–Trinajstić information content (AvgIpc) is 2.04. The largest absolute Gasteiger partial charge is 0.478 e. The number of rotatable bonds is 2. The van der Waals surface area contributed by atoms with Crippen LogP contribution in [0.2, 0.25) is 0 Å². The topological polar surface area (TPSA) is 74.6 Å². The van der Waals surface area contributed by atoms with E-state index in [-0.39, 0.29) is 28.2 Å². The van der Waals surface area contributed by atoms with Crippen molar-refractivity contribution >= 4 is 11.9 Å². The van der Waals surface area contributed by atoms with Crippen molar-refractivity contribution in [1.29, 1.82) is 0 Å². The van der Waals surface area contributed by atoms with Gasteiger partial charge in [0.15, 0.2) is 0 Å². The molecule has 0 saturated carbocycles. The second-order valence-corrected chi connectivity index (χ2v) is 2.16. The van der Waals surface area contributed by atoms with E-state index in [4.69, 9.17) is 10.2 Å². The summed E-state index contributed by atoms with van der Waals surface area (Å²) in [6.07, 6.45) is 0. The molecule has 2 N–H and O–H groups in total. The van der Waals surface area contributed by atoms with Crippen LogP contribution in [0.5, 0.6) is 0 Å². The molecule has 4 nitrogen and oxygen atoms in total. The molecule has 0 spiro atoms. The summed E-state index contributed by atoms with van der Waals surface area (Å²) in [5.41, 5.74) is -0.380. The maximum absolute atomic E-state index is 10.5. The molecule has 1 radical (unpaired) electrons. The van der Waals surface area contributed by atoms with Gasteiger partial charge in [-0.3, -0.25) is 0 Å². The molecule has 0 saturated heterocycles. The van der Waals surface area contributed by atoms with Gasteiger partial charge in [0.05, 0.1) is 11.1 Å². The summed E-state index contributed by atoms with van der Waals surface area (Å²) in [6, 6.07) is 5.48. The maximum atomic E-state index is 10.5. The zero-order valence-corrected chi connectivity index (χ0v) is 7.26.